The molecule has 1 aromatic carbocycles. The average molecular weight is 243 g/mol. The minimum atomic E-state index is -0.0236. The summed E-state index contributed by atoms with van der Waals surface area (Å²) in [6.45, 7) is 1.93. The molecule has 0 spiro atoms. The zero-order chi connectivity index (χ0) is 10.4. The van der Waals surface area contributed by atoms with Gasteiger partial charge in [-0.2, -0.15) is 5.26 Å². The Bertz CT molecular complexity index is 359. The smallest absolute Gasteiger partial charge is 0.742 e. The number of benzene rings is 1. The first-order valence-electron chi connectivity index (χ1n) is 4.19. The minimum Gasteiger partial charge on any atom is -0.742 e. The van der Waals surface area contributed by atoms with Gasteiger partial charge in [0.15, 0.2) is 6.19 Å². The molecule has 0 saturated carbocycles. The van der Waals surface area contributed by atoms with Gasteiger partial charge in [-0.15, -0.1) is 0 Å². The van der Waals surface area contributed by atoms with Crippen molar-refractivity contribution in [2.75, 3.05) is 0 Å². The van der Waals surface area contributed by atoms with Crippen molar-refractivity contribution in [2.45, 2.75) is 13.0 Å². The van der Waals surface area contributed by atoms with Crippen molar-refractivity contribution in [1.29, 1.82) is 5.26 Å². The Balaban J connectivity index is 0.00000196. The van der Waals surface area contributed by atoms with Crippen LogP contribution in [-0.4, -0.2) is 5.17 Å². The predicted molar refractivity (Wildman–Crippen MR) is 58.4 cm³/mol. The molecule has 0 saturated heterocycles. The van der Waals surface area contributed by atoms with E-state index in [4.69, 9.17) is 17.9 Å². The summed E-state index contributed by atoms with van der Waals surface area (Å²) in [5, 5.41) is 10.9. The molecule has 0 aliphatic heterocycles. The fraction of sp³-hybridized carbons (Fsp3) is 0.200. The van der Waals surface area contributed by atoms with Crippen molar-refractivity contribution in [2.24, 2.45) is 4.99 Å². The van der Waals surface area contributed by atoms with Gasteiger partial charge in [0.1, 0.15) is 0 Å². The van der Waals surface area contributed by atoms with Gasteiger partial charge >= 0.3 is 51.4 Å². The molecule has 1 rings (SSSR count). The molecule has 0 aliphatic carbocycles. The normalized spacial score (nSPS) is 12.1. The monoisotopic (exact) mass is 243 g/mol. The van der Waals surface area contributed by atoms with Gasteiger partial charge in [0.2, 0.25) is 0 Å². The van der Waals surface area contributed by atoms with Crippen molar-refractivity contribution >= 4 is 17.8 Å². The largest absolute Gasteiger partial charge is 1.00 e. The van der Waals surface area contributed by atoms with Crippen molar-refractivity contribution in [3.63, 3.8) is 0 Å². The molecule has 3 nitrogen and oxygen atoms in total. The predicted octanol–water partition coefficient (Wildman–Crippen LogP) is -1.27. The van der Waals surface area contributed by atoms with Crippen LogP contribution in [0.3, 0.4) is 0 Å². The van der Waals surface area contributed by atoms with Gasteiger partial charge in [-0.3, -0.25) is 4.99 Å². The summed E-state index contributed by atoms with van der Waals surface area (Å²) in [7, 11) is 0. The van der Waals surface area contributed by atoms with Crippen LogP contribution in [-0.2, 0) is 12.6 Å². The number of hydrogen-bond acceptors (Lipinski definition) is 3. The van der Waals surface area contributed by atoms with Crippen LogP contribution in [0.25, 0.3) is 0 Å². The van der Waals surface area contributed by atoms with Crippen molar-refractivity contribution in [1.82, 2.24) is 5.32 Å². The molecule has 0 heterocycles. The van der Waals surface area contributed by atoms with E-state index in [0.29, 0.717) is 0 Å². The third kappa shape index (κ3) is 5.61. The summed E-state index contributed by atoms with van der Waals surface area (Å²) >= 11 is 4.83. The van der Waals surface area contributed by atoms with E-state index < -0.39 is 0 Å². The molecule has 0 aliphatic rings. The summed E-state index contributed by atoms with van der Waals surface area (Å²) in [4.78, 5) is 4.13. The van der Waals surface area contributed by atoms with Crippen LogP contribution in [0.15, 0.2) is 35.3 Å². The second-order valence-corrected chi connectivity index (χ2v) is 3.14. The van der Waals surface area contributed by atoms with E-state index in [1.54, 1.807) is 6.19 Å². The molecule has 0 amide bonds. The number of nitriles is 1. The molecular weight excluding hydrogens is 233 g/mol. The van der Waals surface area contributed by atoms with Crippen LogP contribution >= 0.6 is 0 Å². The Hall–Kier alpha value is 0.0364. The number of hydrogen-bond donors (Lipinski definition) is 1. The van der Waals surface area contributed by atoms with Gasteiger partial charge in [-0.05, 0) is 17.7 Å². The Labute approximate surface area is 138 Å². The Kier molecular flexibility index (Phi) is 8.24. The van der Waals surface area contributed by atoms with E-state index in [-0.39, 0.29) is 62.6 Å². The van der Waals surface area contributed by atoms with Crippen LogP contribution in [0.2, 0.25) is 0 Å². The molecule has 0 bridgehead atoms. The molecule has 1 N–H and O–H groups in total. The maximum atomic E-state index is 8.31. The second-order valence-electron chi connectivity index (χ2n) is 2.76. The second kappa shape index (κ2) is 8.22. The number of aliphatic imine (C=N–C) groups is 1. The Morgan fingerprint density at radius 1 is 1.47 bits per heavy atom. The van der Waals surface area contributed by atoms with Crippen LogP contribution < -0.4 is 56.7 Å². The van der Waals surface area contributed by atoms with Crippen LogP contribution in [0.1, 0.15) is 18.5 Å². The molecule has 1 aromatic rings. The summed E-state index contributed by atoms with van der Waals surface area (Å²) in [6, 6.07) is 9.77. The number of rotatable bonds is 2. The SMILES string of the molecule is C[C@H](N=C([S-])NC#N)c1ccccc1.[K+]. The standard InChI is InChI=1S/C10H11N3S.K/c1-8(13-10(14)12-7-11)9-5-3-2-4-6-9;/h2-6,8H,1H3,(H2,12,13,14);/q;+1/p-1/t8-;/m0./s1. The average Bonchev–Trinajstić information content (AvgIpc) is 2.19. The van der Waals surface area contributed by atoms with E-state index in [0.717, 1.165) is 5.56 Å². The zero-order valence-electron chi connectivity index (χ0n) is 8.77. The van der Waals surface area contributed by atoms with E-state index >= 15 is 0 Å². The van der Waals surface area contributed by atoms with E-state index in [1.807, 2.05) is 37.3 Å². The topological polar surface area (TPSA) is 48.2 Å². The van der Waals surface area contributed by atoms with Crippen molar-refractivity contribution < 1.29 is 51.4 Å². The van der Waals surface area contributed by atoms with Crippen molar-refractivity contribution in [3.05, 3.63) is 35.9 Å². The van der Waals surface area contributed by atoms with Crippen LogP contribution in [0, 0.1) is 11.5 Å². The maximum Gasteiger partial charge on any atom is 1.00 e. The Morgan fingerprint density at radius 2 is 2.07 bits per heavy atom. The molecule has 5 heteroatoms. The number of nitrogens with zero attached hydrogens (tertiary/aromatic N) is 2. The molecule has 0 radical (unpaired) electrons. The van der Waals surface area contributed by atoms with Gasteiger partial charge in [0, 0.05) is 0 Å². The summed E-state index contributed by atoms with van der Waals surface area (Å²) in [6.07, 6.45) is 1.74. The van der Waals surface area contributed by atoms with Gasteiger partial charge in [-0.25, -0.2) is 0 Å². The summed E-state index contributed by atoms with van der Waals surface area (Å²) < 4.78 is 0. The van der Waals surface area contributed by atoms with E-state index in [2.05, 4.69) is 10.3 Å². The van der Waals surface area contributed by atoms with Crippen LogP contribution in [0.5, 0.6) is 0 Å². The molecule has 1 atom stereocenters. The molecule has 0 unspecified atom stereocenters. The fourth-order valence-corrected chi connectivity index (χ4v) is 1.27. The molecule has 0 fully saturated rings. The summed E-state index contributed by atoms with van der Waals surface area (Å²) in [5.74, 6) is 0. The first-order valence-corrected chi connectivity index (χ1v) is 4.59. The third-order valence-corrected chi connectivity index (χ3v) is 1.96. The number of amidine groups is 1. The molecule has 15 heavy (non-hydrogen) atoms. The first kappa shape index (κ1) is 15.0. The van der Waals surface area contributed by atoms with Gasteiger partial charge < -0.3 is 17.9 Å². The van der Waals surface area contributed by atoms with Gasteiger partial charge in [-0.1, -0.05) is 30.3 Å². The van der Waals surface area contributed by atoms with E-state index in [9.17, 15) is 0 Å². The maximum absolute atomic E-state index is 8.31. The Morgan fingerprint density at radius 3 is 2.60 bits per heavy atom. The van der Waals surface area contributed by atoms with Gasteiger partial charge in [0.05, 0.1) is 6.04 Å². The summed E-state index contributed by atoms with van der Waals surface area (Å²) in [5.41, 5.74) is 1.08. The zero-order valence-corrected chi connectivity index (χ0v) is 12.7. The fourth-order valence-electron chi connectivity index (χ4n) is 1.06. The number of nitrogens with one attached hydrogen (secondary N) is 1. The first-order chi connectivity index (χ1) is 6.74. The van der Waals surface area contributed by atoms with E-state index in [1.165, 1.54) is 0 Å². The molecule has 0 aromatic heterocycles. The van der Waals surface area contributed by atoms with Crippen LogP contribution in [0.4, 0.5) is 0 Å². The molecular formula is C10H10KN3S. The quantitative estimate of drug-likeness (QED) is 0.176. The molecule has 72 valence electrons. The third-order valence-electron chi connectivity index (χ3n) is 1.76. The van der Waals surface area contributed by atoms with Crippen molar-refractivity contribution in [3.8, 4) is 6.19 Å². The minimum absolute atomic E-state index is 0. The van der Waals surface area contributed by atoms with Gasteiger partial charge in [0.25, 0.3) is 0 Å².